The van der Waals surface area contributed by atoms with Crippen molar-refractivity contribution in [3.05, 3.63) is 65.7 Å². The van der Waals surface area contributed by atoms with E-state index in [9.17, 15) is 8.42 Å². The van der Waals surface area contributed by atoms with Crippen LogP contribution in [0.5, 0.6) is 0 Å². The van der Waals surface area contributed by atoms with E-state index in [-0.39, 0.29) is 12.5 Å². The molecule has 0 amide bonds. The summed E-state index contributed by atoms with van der Waals surface area (Å²) in [6, 6.07) is 16.6. The molecular weight excluding hydrogens is 334 g/mol. The van der Waals surface area contributed by atoms with Gasteiger partial charge in [0.05, 0.1) is 22.3 Å². The fraction of sp³-hybridized carbons (Fsp3) is 0.400. The van der Waals surface area contributed by atoms with Gasteiger partial charge in [-0.05, 0) is 36.6 Å². The number of ether oxygens (including phenoxy) is 1. The molecule has 3 rings (SSSR count). The van der Waals surface area contributed by atoms with E-state index < -0.39 is 20.6 Å². The second-order valence-corrected chi connectivity index (χ2v) is 8.67. The summed E-state index contributed by atoms with van der Waals surface area (Å²) in [5.74, 6) is -0.254. The van der Waals surface area contributed by atoms with Crippen LogP contribution in [0.25, 0.3) is 0 Å². The predicted octanol–water partition coefficient (Wildman–Crippen LogP) is 2.92. The lowest BCUT2D eigenvalue weighted by Gasteiger charge is -2.12. The second-order valence-electron chi connectivity index (χ2n) is 6.60. The molecule has 0 aliphatic heterocycles. The van der Waals surface area contributed by atoms with Gasteiger partial charge in [-0.1, -0.05) is 49.4 Å². The van der Waals surface area contributed by atoms with Gasteiger partial charge in [-0.3, -0.25) is 0 Å². The minimum absolute atomic E-state index is 0.237. The van der Waals surface area contributed by atoms with Crippen LogP contribution in [-0.4, -0.2) is 32.4 Å². The average Bonchev–Trinajstić information content (AvgIpc) is 3.27. The average molecular weight is 359 g/mol. The molecule has 1 saturated carbocycles. The van der Waals surface area contributed by atoms with E-state index in [1.165, 1.54) is 5.56 Å². The van der Waals surface area contributed by atoms with Gasteiger partial charge < -0.3 is 10.5 Å². The molecule has 134 valence electrons. The molecule has 0 spiro atoms. The maximum atomic E-state index is 13.1. The number of aryl methyl sites for hydroxylation is 1. The normalized spacial score (nSPS) is 25.7. The SMILES string of the molecule is CCOC[C@@]1(N)[C@H](c2ccc(CC)cc2)[C@@H]1S(=O)(=O)c1ccccc1. The van der Waals surface area contributed by atoms with Crippen LogP contribution in [0.2, 0.25) is 0 Å². The standard InChI is InChI=1S/C20H25NO3S/c1-3-15-10-12-16(13-11-15)18-19(20(18,21)14-24-4-2)25(22,23)17-8-6-5-7-9-17/h5-13,18-19H,3-4,14,21H2,1-2H3/t18-,19+,20-/m1/s1. The van der Waals surface area contributed by atoms with Crippen molar-refractivity contribution in [2.75, 3.05) is 13.2 Å². The largest absolute Gasteiger partial charge is 0.380 e. The molecule has 1 aliphatic carbocycles. The fourth-order valence-corrected chi connectivity index (χ4v) is 5.86. The zero-order chi connectivity index (χ0) is 18.1. The second kappa shape index (κ2) is 6.90. The third-order valence-corrected chi connectivity index (χ3v) is 7.32. The Morgan fingerprint density at radius 3 is 2.24 bits per heavy atom. The van der Waals surface area contributed by atoms with Crippen molar-refractivity contribution in [1.29, 1.82) is 0 Å². The van der Waals surface area contributed by atoms with Gasteiger partial charge in [-0.15, -0.1) is 0 Å². The van der Waals surface area contributed by atoms with Gasteiger partial charge >= 0.3 is 0 Å². The topological polar surface area (TPSA) is 69.4 Å². The van der Waals surface area contributed by atoms with Gasteiger partial charge in [0.15, 0.2) is 9.84 Å². The van der Waals surface area contributed by atoms with Gasteiger partial charge in [-0.2, -0.15) is 0 Å². The zero-order valence-electron chi connectivity index (χ0n) is 14.7. The van der Waals surface area contributed by atoms with E-state index in [4.69, 9.17) is 10.5 Å². The van der Waals surface area contributed by atoms with Crippen molar-refractivity contribution in [2.45, 2.75) is 41.9 Å². The summed E-state index contributed by atoms with van der Waals surface area (Å²) in [6.07, 6.45) is 0.948. The highest BCUT2D eigenvalue weighted by Crippen LogP contribution is 2.55. The van der Waals surface area contributed by atoms with E-state index in [0.29, 0.717) is 11.5 Å². The first-order valence-electron chi connectivity index (χ1n) is 8.69. The lowest BCUT2D eigenvalue weighted by atomic mass is 10.0. The van der Waals surface area contributed by atoms with Crippen molar-refractivity contribution in [1.82, 2.24) is 0 Å². The summed E-state index contributed by atoms with van der Waals surface area (Å²) in [4.78, 5) is 0.319. The van der Waals surface area contributed by atoms with E-state index in [1.807, 2.05) is 37.3 Å². The summed E-state index contributed by atoms with van der Waals surface area (Å²) in [5.41, 5.74) is 7.84. The Balaban J connectivity index is 1.97. The van der Waals surface area contributed by atoms with Crippen LogP contribution in [0, 0.1) is 0 Å². The number of rotatable bonds is 7. The number of hydrogen-bond donors (Lipinski definition) is 1. The summed E-state index contributed by atoms with van der Waals surface area (Å²) >= 11 is 0. The third-order valence-electron chi connectivity index (χ3n) is 5.01. The van der Waals surface area contributed by atoms with Crippen LogP contribution in [0.4, 0.5) is 0 Å². The molecule has 25 heavy (non-hydrogen) atoms. The minimum Gasteiger partial charge on any atom is -0.380 e. The molecule has 2 N–H and O–H groups in total. The van der Waals surface area contributed by atoms with E-state index in [2.05, 4.69) is 6.92 Å². The molecule has 0 saturated heterocycles. The first-order chi connectivity index (χ1) is 11.9. The molecule has 0 aromatic heterocycles. The van der Waals surface area contributed by atoms with Gasteiger partial charge in [-0.25, -0.2) is 8.42 Å². The smallest absolute Gasteiger partial charge is 0.183 e. The Morgan fingerprint density at radius 1 is 1.04 bits per heavy atom. The Hall–Kier alpha value is -1.69. The highest BCUT2D eigenvalue weighted by Gasteiger charge is 2.69. The summed E-state index contributed by atoms with van der Waals surface area (Å²) in [6.45, 7) is 4.73. The van der Waals surface area contributed by atoms with Gasteiger partial charge in [0, 0.05) is 12.5 Å². The highest BCUT2D eigenvalue weighted by molar-refractivity contribution is 7.92. The van der Waals surface area contributed by atoms with Crippen LogP contribution in [0.3, 0.4) is 0 Å². The number of benzene rings is 2. The molecule has 1 aliphatic rings. The fourth-order valence-electron chi connectivity index (χ4n) is 3.54. The minimum atomic E-state index is -3.52. The van der Waals surface area contributed by atoms with Crippen LogP contribution in [0.15, 0.2) is 59.5 Å². The molecule has 2 aromatic carbocycles. The van der Waals surface area contributed by atoms with Gasteiger partial charge in [0.2, 0.25) is 0 Å². The summed E-state index contributed by atoms with van der Waals surface area (Å²) in [5, 5.41) is -0.665. The van der Waals surface area contributed by atoms with Crippen molar-refractivity contribution >= 4 is 9.84 Å². The summed E-state index contributed by atoms with van der Waals surface area (Å²) in [7, 11) is -3.52. The van der Waals surface area contributed by atoms with Crippen LogP contribution >= 0.6 is 0 Å². The first kappa shape index (κ1) is 18.1. The molecule has 0 bridgehead atoms. The molecule has 2 aromatic rings. The number of sulfone groups is 1. The van der Waals surface area contributed by atoms with Crippen LogP contribution in [0.1, 0.15) is 30.9 Å². The molecule has 3 atom stereocenters. The summed E-state index contributed by atoms with van der Waals surface area (Å²) < 4.78 is 31.8. The number of nitrogens with two attached hydrogens (primary N) is 1. The van der Waals surface area contributed by atoms with Gasteiger partial charge in [0.25, 0.3) is 0 Å². The number of hydrogen-bond acceptors (Lipinski definition) is 4. The first-order valence-corrected chi connectivity index (χ1v) is 10.2. The lowest BCUT2D eigenvalue weighted by molar-refractivity contribution is 0.125. The van der Waals surface area contributed by atoms with E-state index >= 15 is 0 Å². The quantitative estimate of drug-likeness (QED) is 0.825. The molecule has 0 heterocycles. The van der Waals surface area contributed by atoms with Crippen LogP contribution in [-0.2, 0) is 21.0 Å². The van der Waals surface area contributed by atoms with E-state index in [1.54, 1.807) is 24.3 Å². The van der Waals surface area contributed by atoms with Crippen molar-refractivity contribution in [3.63, 3.8) is 0 Å². The molecule has 0 radical (unpaired) electrons. The van der Waals surface area contributed by atoms with Crippen molar-refractivity contribution in [3.8, 4) is 0 Å². The highest BCUT2D eigenvalue weighted by atomic mass is 32.2. The molecule has 5 heteroatoms. The molecule has 1 fully saturated rings. The Bertz CT molecular complexity index is 818. The Labute approximate surface area is 149 Å². The molecule has 4 nitrogen and oxygen atoms in total. The lowest BCUT2D eigenvalue weighted by Crippen LogP contribution is -2.36. The molecular formula is C20H25NO3S. The van der Waals surface area contributed by atoms with E-state index in [0.717, 1.165) is 12.0 Å². The van der Waals surface area contributed by atoms with Crippen molar-refractivity contribution in [2.24, 2.45) is 5.73 Å². The third kappa shape index (κ3) is 3.24. The Kier molecular flexibility index (Phi) is 5.00. The zero-order valence-corrected chi connectivity index (χ0v) is 15.5. The Morgan fingerprint density at radius 2 is 1.68 bits per heavy atom. The van der Waals surface area contributed by atoms with Crippen molar-refractivity contribution < 1.29 is 13.2 Å². The molecule has 0 unspecified atom stereocenters. The predicted molar refractivity (Wildman–Crippen MR) is 99.4 cm³/mol. The maximum Gasteiger partial charge on any atom is 0.183 e. The maximum absolute atomic E-state index is 13.1. The van der Waals surface area contributed by atoms with Gasteiger partial charge in [0.1, 0.15) is 0 Å². The van der Waals surface area contributed by atoms with Crippen LogP contribution < -0.4 is 5.73 Å². The monoisotopic (exact) mass is 359 g/mol.